The Balaban J connectivity index is 0.000000672. The maximum absolute atomic E-state index is 11.6. The molecule has 35 heavy (non-hydrogen) atoms. The van der Waals surface area contributed by atoms with Crippen LogP contribution in [0.25, 0.3) is 0 Å². The molecule has 0 aromatic heterocycles. The summed E-state index contributed by atoms with van der Waals surface area (Å²) in [4.78, 5) is 65.1. The van der Waals surface area contributed by atoms with Gasteiger partial charge in [-0.15, -0.1) is 0 Å². The second-order valence-electron chi connectivity index (χ2n) is 6.70. The Morgan fingerprint density at radius 1 is 0.914 bits per heavy atom. The molecule has 0 fully saturated rings. The first-order chi connectivity index (χ1) is 16.4. The number of carbonyl (C=O) groups excluding carboxylic acids is 3. The maximum Gasteiger partial charge on any atom is 0.339 e. The first-order valence-corrected chi connectivity index (χ1v) is 9.96. The molecule has 0 saturated carbocycles. The number of aromatic carboxylic acids is 1. The number of esters is 3. The molecule has 3 N–H and O–H groups in total. The number of hydrogen-bond donors (Lipinski definition) is 3. The highest BCUT2D eigenvalue weighted by Crippen LogP contribution is 2.11. The summed E-state index contributed by atoms with van der Waals surface area (Å²) >= 11 is 0. The van der Waals surface area contributed by atoms with Gasteiger partial charge in [-0.25, -0.2) is 19.2 Å². The van der Waals surface area contributed by atoms with Crippen LogP contribution in [-0.4, -0.2) is 71.0 Å². The molecule has 12 heteroatoms. The summed E-state index contributed by atoms with van der Waals surface area (Å²) in [6.45, 7) is 7.61. The topological polar surface area (TPSA) is 191 Å². The molecule has 1 rings (SSSR count). The number of carboxylic acid groups (broad SMARTS) is 3. The van der Waals surface area contributed by atoms with E-state index >= 15 is 0 Å². The van der Waals surface area contributed by atoms with Crippen molar-refractivity contribution in [2.45, 2.75) is 19.8 Å². The molecule has 1 aromatic rings. The quantitative estimate of drug-likeness (QED) is 0.156. The average molecular weight is 494 g/mol. The Morgan fingerprint density at radius 3 is 1.97 bits per heavy atom. The van der Waals surface area contributed by atoms with Crippen molar-refractivity contribution in [2.24, 2.45) is 5.92 Å². The van der Waals surface area contributed by atoms with Gasteiger partial charge in [-0.05, 0) is 25.5 Å². The zero-order valence-electron chi connectivity index (χ0n) is 18.9. The van der Waals surface area contributed by atoms with Crippen molar-refractivity contribution in [3.63, 3.8) is 0 Å². The fourth-order valence-corrected chi connectivity index (χ4v) is 2.20. The third-order valence-electron chi connectivity index (χ3n) is 3.92. The van der Waals surface area contributed by atoms with E-state index in [2.05, 4.69) is 22.6 Å². The summed E-state index contributed by atoms with van der Waals surface area (Å²) in [5.41, 5.74) is 0.0192. The lowest BCUT2D eigenvalue weighted by atomic mass is 10.0. The number of ether oxygens (including phenoxy) is 3. The van der Waals surface area contributed by atoms with Gasteiger partial charge in [0.1, 0.15) is 13.2 Å². The van der Waals surface area contributed by atoms with Crippen molar-refractivity contribution >= 4 is 35.8 Å². The zero-order valence-corrected chi connectivity index (χ0v) is 18.9. The highest BCUT2D eigenvalue weighted by atomic mass is 16.6. The van der Waals surface area contributed by atoms with Gasteiger partial charge in [0, 0.05) is 11.6 Å². The number of rotatable bonds is 13. The molecule has 12 nitrogen and oxygen atoms in total. The Morgan fingerprint density at radius 2 is 1.49 bits per heavy atom. The molecule has 0 saturated heterocycles. The number of hydrogen-bond acceptors (Lipinski definition) is 9. The molecular weight excluding hydrogens is 468 g/mol. The van der Waals surface area contributed by atoms with Crippen LogP contribution in [-0.2, 0) is 33.4 Å². The van der Waals surface area contributed by atoms with E-state index in [4.69, 9.17) is 20.1 Å². The van der Waals surface area contributed by atoms with Crippen molar-refractivity contribution in [1.82, 2.24) is 0 Å². The maximum atomic E-state index is 11.6. The van der Waals surface area contributed by atoms with Gasteiger partial charge < -0.3 is 29.5 Å². The van der Waals surface area contributed by atoms with Crippen molar-refractivity contribution < 1.29 is 58.3 Å². The monoisotopic (exact) mass is 494 g/mol. The van der Waals surface area contributed by atoms with Crippen LogP contribution in [0.4, 0.5) is 0 Å². The lowest BCUT2D eigenvalue weighted by Gasteiger charge is -2.09. The van der Waals surface area contributed by atoms with Crippen LogP contribution in [0.3, 0.4) is 0 Å². The second kappa shape index (κ2) is 16.2. The fraction of sp³-hybridized carbons (Fsp3) is 0.304. The van der Waals surface area contributed by atoms with Crippen LogP contribution in [0.5, 0.6) is 0 Å². The van der Waals surface area contributed by atoms with Crippen molar-refractivity contribution in [1.29, 1.82) is 0 Å². The molecule has 1 unspecified atom stereocenters. The van der Waals surface area contributed by atoms with Gasteiger partial charge in [0.25, 0.3) is 0 Å². The van der Waals surface area contributed by atoms with Crippen LogP contribution >= 0.6 is 0 Å². The van der Waals surface area contributed by atoms with Crippen LogP contribution in [0.15, 0.2) is 49.1 Å². The van der Waals surface area contributed by atoms with E-state index in [0.29, 0.717) is 0 Å². The van der Waals surface area contributed by atoms with Gasteiger partial charge in [-0.3, -0.25) is 9.59 Å². The normalized spacial score (nSPS) is 10.4. The molecule has 190 valence electrons. The second-order valence-corrected chi connectivity index (χ2v) is 6.70. The van der Waals surface area contributed by atoms with Crippen LogP contribution in [0.2, 0.25) is 0 Å². The standard InChI is InChI=1S/C13H12O6.C10H14O6/c1-2-11(14)18-7-8-19-13(17)10-6-4-3-5-9(10)12(15)16;1-6(2)10(15)16-4-3-7(9(13)14)5-8(11)12/h2-6H,1,7-8H2,(H,15,16);7H,1,3-5H2,2H3,(H,11,12)(H,13,14). The van der Waals surface area contributed by atoms with Crippen LogP contribution in [0, 0.1) is 5.92 Å². The van der Waals surface area contributed by atoms with Gasteiger partial charge in [0.15, 0.2) is 0 Å². The minimum atomic E-state index is -1.22. The molecular formula is C23H26O12. The zero-order chi connectivity index (χ0) is 27.0. The lowest BCUT2D eigenvalue weighted by molar-refractivity contribution is -0.150. The summed E-state index contributed by atoms with van der Waals surface area (Å²) in [7, 11) is 0. The summed E-state index contributed by atoms with van der Waals surface area (Å²) < 4.78 is 14.1. The minimum absolute atomic E-state index is 0.0271. The van der Waals surface area contributed by atoms with E-state index in [1.165, 1.54) is 31.2 Å². The van der Waals surface area contributed by atoms with Crippen molar-refractivity contribution in [2.75, 3.05) is 19.8 Å². The van der Waals surface area contributed by atoms with Gasteiger partial charge in [0.2, 0.25) is 0 Å². The third-order valence-corrected chi connectivity index (χ3v) is 3.92. The highest BCUT2D eigenvalue weighted by molar-refractivity contribution is 6.02. The van der Waals surface area contributed by atoms with Gasteiger partial charge in [0.05, 0.1) is 30.1 Å². The molecule has 1 aromatic carbocycles. The van der Waals surface area contributed by atoms with E-state index < -0.39 is 48.2 Å². The van der Waals surface area contributed by atoms with E-state index in [1.807, 2.05) is 0 Å². The molecule has 0 radical (unpaired) electrons. The largest absolute Gasteiger partial charge is 0.481 e. The Hall–Kier alpha value is -4.48. The highest BCUT2D eigenvalue weighted by Gasteiger charge is 2.21. The third kappa shape index (κ3) is 13.0. The fourth-order valence-electron chi connectivity index (χ4n) is 2.20. The van der Waals surface area contributed by atoms with Gasteiger partial charge >= 0.3 is 35.8 Å². The van der Waals surface area contributed by atoms with Gasteiger partial charge in [-0.1, -0.05) is 25.3 Å². The first-order valence-electron chi connectivity index (χ1n) is 9.96. The molecule has 0 aliphatic rings. The van der Waals surface area contributed by atoms with Crippen LogP contribution in [0.1, 0.15) is 40.5 Å². The van der Waals surface area contributed by atoms with E-state index in [1.54, 1.807) is 0 Å². The number of aliphatic carboxylic acids is 2. The van der Waals surface area contributed by atoms with Crippen LogP contribution < -0.4 is 0 Å². The van der Waals surface area contributed by atoms with Gasteiger partial charge in [-0.2, -0.15) is 0 Å². The minimum Gasteiger partial charge on any atom is -0.481 e. The van der Waals surface area contributed by atoms with Crippen molar-refractivity contribution in [3.8, 4) is 0 Å². The molecule has 0 bridgehead atoms. The Labute approximate surface area is 200 Å². The Kier molecular flexibility index (Phi) is 14.1. The predicted molar refractivity (Wildman–Crippen MR) is 119 cm³/mol. The summed E-state index contributed by atoms with van der Waals surface area (Å²) in [5, 5.41) is 26.0. The number of carboxylic acids is 3. The molecule has 0 aliphatic carbocycles. The summed E-state index contributed by atoms with van der Waals surface area (Å²) in [6, 6.07) is 5.69. The lowest BCUT2D eigenvalue weighted by Crippen LogP contribution is -2.20. The van der Waals surface area contributed by atoms with E-state index in [9.17, 15) is 28.8 Å². The summed E-state index contributed by atoms with van der Waals surface area (Å²) in [5.74, 6) is -6.69. The molecule has 1 atom stereocenters. The van der Waals surface area contributed by atoms with Crippen molar-refractivity contribution in [3.05, 3.63) is 60.2 Å². The molecule has 0 heterocycles. The molecule has 0 amide bonds. The molecule has 0 spiro atoms. The summed E-state index contributed by atoms with van der Waals surface area (Å²) in [6.07, 6.45) is 0.474. The predicted octanol–water partition coefficient (Wildman–Crippen LogP) is 1.94. The molecule has 0 aliphatic heterocycles. The first kappa shape index (κ1) is 30.5. The van der Waals surface area contributed by atoms with E-state index in [0.717, 1.165) is 6.08 Å². The Bertz CT molecular complexity index is 963. The average Bonchev–Trinajstić information content (AvgIpc) is 2.80. The number of benzene rings is 1. The SMILES string of the molecule is C=C(C)C(=O)OCCC(CC(=O)O)C(=O)O.C=CC(=O)OCCOC(=O)c1ccccc1C(=O)O. The van der Waals surface area contributed by atoms with E-state index in [-0.39, 0.29) is 42.9 Å². The smallest absolute Gasteiger partial charge is 0.339 e. The number of carbonyl (C=O) groups is 6.